The summed E-state index contributed by atoms with van der Waals surface area (Å²) in [5.41, 5.74) is 0. The van der Waals surface area contributed by atoms with Gasteiger partial charge < -0.3 is 5.32 Å². The van der Waals surface area contributed by atoms with E-state index in [9.17, 15) is 0 Å². The van der Waals surface area contributed by atoms with Gasteiger partial charge in [-0.1, -0.05) is 52.4 Å². The molecule has 15 heavy (non-hydrogen) atoms. The summed E-state index contributed by atoms with van der Waals surface area (Å²) >= 11 is 0. The van der Waals surface area contributed by atoms with E-state index in [0.717, 1.165) is 17.9 Å². The van der Waals surface area contributed by atoms with Crippen molar-refractivity contribution in [2.75, 3.05) is 7.05 Å². The van der Waals surface area contributed by atoms with Crippen LogP contribution in [0.15, 0.2) is 0 Å². The molecule has 0 spiro atoms. The highest BCUT2D eigenvalue weighted by atomic mass is 14.9. The van der Waals surface area contributed by atoms with Gasteiger partial charge in [0.2, 0.25) is 0 Å². The normalized spacial score (nSPS) is 26.6. The van der Waals surface area contributed by atoms with Crippen molar-refractivity contribution in [3.05, 3.63) is 0 Å². The first kappa shape index (κ1) is 13.0. The second-order valence-electron chi connectivity index (χ2n) is 5.33. The van der Waals surface area contributed by atoms with Gasteiger partial charge in [0.05, 0.1) is 0 Å². The predicted octanol–water partition coefficient (Wildman–Crippen LogP) is 3.98. The molecule has 0 radical (unpaired) electrons. The zero-order chi connectivity index (χ0) is 11.1. The largest absolute Gasteiger partial charge is 0.317 e. The second kappa shape index (κ2) is 7.27. The Labute approximate surface area is 96.0 Å². The quantitative estimate of drug-likeness (QED) is 0.569. The van der Waals surface area contributed by atoms with Crippen LogP contribution in [0.25, 0.3) is 0 Å². The van der Waals surface area contributed by atoms with Crippen LogP contribution in [0, 0.1) is 11.8 Å². The Morgan fingerprint density at radius 3 is 2.27 bits per heavy atom. The Bertz CT molecular complexity index is 155. The minimum atomic E-state index is 0.811. The molecule has 1 nitrogen and oxygen atoms in total. The molecule has 0 bridgehead atoms. The van der Waals surface area contributed by atoms with Crippen molar-refractivity contribution in [3.63, 3.8) is 0 Å². The average Bonchev–Trinajstić information content (AvgIpc) is 2.95. The lowest BCUT2D eigenvalue weighted by Gasteiger charge is -2.15. The molecule has 1 saturated carbocycles. The van der Waals surface area contributed by atoms with Crippen molar-refractivity contribution in [2.45, 2.75) is 71.3 Å². The Balaban J connectivity index is 1.93. The van der Waals surface area contributed by atoms with Crippen molar-refractivity contribution in [1.29, 1.82) is 0 Å². The minimum Gasteiger partial charge on any atom is -0.317 e. The van der Waals surface area contributed by atoms with Crippen molar-refractivity contribution < 1.29 is 0 Å². The average molecular weight is 211 g/mol. The van der Waals surface area contributed by atoms with E-state index in [1.165, 1.54) is 51.4 Å². The Hall–Kier alpha value is -0.0400. The van der Waals surface area contributed by atoms with Gasteiger partial charge in [-0.2, -0.15) is 0 Å². The summed E-state index contributed by atoms with van der Waals surface area (Å²) in [6, 6.07) is 0.811. The molecule has 1 fully saturated rings. The summed E-state index contributed by atoms with van der Waals surface area (Å²) in [5.74, 6) is 1.98. The van der Waals surface area contributed by atoms with Crippen molar-refractivity contribution in [3.8, 4) is 0 Å². The van der Waals surface area contributed by atoms with Crippen molar-refractivity contribution in [1.82, 2.24) is 5.32 Å². The summed E-state index contributed by atoms with van der Waals surface area (Å²) < 4.78 is 0. The molecular formula is C14H29N. The van der Waals surface area contributed by atoms with E-state index in [-0.39, 0.29) is 0 Å². The summed E-state index contributed by atoms with van der Waals surface area (Å²) in [4.78, 5) is 0. The highest BCUT2D eigenvalue weighted by Crippen LogP contribution is 2.41. The molecule has 3 unspecified atom stereocenters. The lowest BCUT2D eigenvalue weighted by Crippen LogP contribution is -2.27. The highest BCUT2D eigenvalue weighted by Gasteiger charge is 2.38. The molecule has 1 heteroatoms. The van der Waals surface area contributed by atoms with Crippen LogP contribution in [0.3, 0.4) is 0 Å². The highest BCUT2D eigenvalue weighted by molar-refractivity contribution is 4.91. The molecule has 0 aromatic heterocycles. The van der Waals surface area contributed by atoms with E-state index >= 15 is 0 Å². The van der Waals surface area contributed by atoms with E-state index in [1.54, 1.807) is 0 Å². The fourth-order valence-electron chi connectivity index (χ4n) is 2.63. The third-order valence-corrected chi connectivity index (χ3v) is 3.93. The van der Waals surface area contributed by atoms with Gasteiger partial charge >= 0.3 is 0 Å². The summed E-state index contributed by atoms with van der Waals surface area (Å²) in [7, 11) is 2.13. The number of unbranched alkanes of at least 4 members (excludes halogenated alkanes) is 5. The van der Waals surface area contributed by atoms with Crippen LogP contribution in [0.5, 0.6) is 0 Å². The molecule has 0 aromatic carbocycles. The van der Waals surface area contributed by atoms with Crippen molar-refractivity contribution >= 4 is 0 Å². The Kier molecular flexibility index (Phi) is 6.31. The lowest BCUT2D eigenvalue weighted by atomic mass is 10.0. The third kappa shape index (κ3) is 5.01. The molecule has 0 heterocycles. The number of hydrogen-bond donors (Lipinski definition) is 1. The zero-order valence-corrected chi connectivity index (χ0v) is 10.9. The van der Waals surface area contributed by atoms with Gasteiger partial charge in [-0.15, -0.1) is 0 Å². The van der Waals surface area contributed by atoms with Crippen LogP contribution >= 0.6 is 0 Å². The Morgan fingerprint density at radius 2 is 1.73 bits per heavy atom. The van der Waals surface area contributed by atoms with Gasteiger partial charge in [0, 0.05) is 6.04 Å². The standard InChI is InChI=1S/C14H29N/c1-4-5-6-7-8-9-10-14(15-3)13-11-12(13)2/h12-15H,4-11H2,1-3H3. The topological polar surface area (TPSA) is 12.0 Å². The molecule has 3 atom stereocenters. The molecule has 1 N–H and O–H groups in total. The Morgan fingerprint density at radius 1 is 1.13 bits per heavy atom. The SMILES string of the molecule is CCCCCCCCC(NC)C1CC1C. The monoisotopic (exact) mass is 211 g/mol. The van der Waals surface area contributed by atoms with Crippen LogP contribution in [0.2, 0.25) is 0 Å². The van der Waals surface area contributed by atoms with Gasteiger partial charge in [-0.05, 0) is 31.7 Å². The molecule has 1 aliphatic rings. The van der Waals surface area contributed by atoms with E-state index < -0.39 is 0 Å². The molecule has 1 rings (SSSR count). The smallest absolute Gasteiger partial charge is 0.00949 e. The van der Waals surface area contributed by atoms with E-state index in [0.29, 0.717) is 0 Å². The predicted molar refractivity (Wildman–Crippen MR) is 68.1 cm³/mol. The maximum absolute atomic E-state index is 3.50. The molecule has 1 aliphatic carbocycles. The third-order valence-electron chi connectivity index (χ3n) is 3.93. The fourth-order valence-corrected chi connectivity index (χ4v) is 2.63. The van der Waals surface area contributed by atoms with Crippen LogP contribution in [-0.4, -0.2) is 13.1 Å². The summed E-state index contributed by atoms with van der Waals surface area (Å²) in [5, 5.41) is 3.50. The van der Waals surface area contributed by atoms with Gasteiger partial charge in [-0.3, -0.25) is 0 Å². The maximum Gasteiger partial charge on any atom is 0.00949 e. The molecule has 0 saturated heterocycles. The maximum atomic E-state index is 3.50. The molecular weight excluding hydrogens is 182 g/mol. The number of hydrogen-bond acceptors (Lipinski definition) is 1. The number of nitrogens with one attached hydrogen (secondary N) is 1. The van der Waals surface area contributed by atoms with Gasteiger partial charge in [-0.25, -0.2) is 0 Å². The summed E-state index contributed by atoms with van der Waals surface area (Å²) in [6.07, 6.45) is 11.4. The van der Waals surface area contributed by atoms with Gasteiger partial charge in [0.15, 0.2) is 0 Å². The summed E-state index contributed by atoms with van der Waals surface area (Å²) in [6.45, 7) is 4.67. The van der Waals surface area contributed by atoms with Crippen LogP contribution in [-0.2, 0) is 0 Å². The lowest BCUT2D eigenvalue weighted by molar-refractivity contribution is 0.428. The second-order valence-corrected chi connectivity index (χ2v) is 5.33. The van der Waals surface area contributed by atoms with E-state index in [1.807, 2.05) is 0 Å². The van der Waals surface area contributed by atoms with E-state index in [4.69, 9.17) is 0 Å². The van der Waals surface area contributed by atoms with Crippen LogP contribution < -0.4 is 5.32 Å². The van der Waals surface area contributed by atoms with Crippen molar-refractivity contribution in [2.24, 2.45) is 11.8 Å². The van der Waals surface area contributed by atoms with Crippen LogP contribution in [0.4, 0.5) is 0 Å². The first-order chi connectivity index (χ1) is 7.29. The zero-order valence-electron chi connectivity index (χ0n) is 10.9. The molecule has 0 amide bonds. The van der Waals surface area contributed by atoms with Crippen LogP contribution in [0.1, 0.15) is 65.2 Å². The number of rotatable bonds is 9. The minimum absolute atomic E-state index is 0.811. The van der Waals surface area contributed by atoms with E-state index in [2.05, 4.69) is 26.2 Å². The molecule has 90 valence electrons. The van der Waals surface area contributed by atoms with Gasteiger partial charge in [0.1, 0.15) is 0 Å². The fraction of sp³-hybridized carbons (Fsp3) is 1.00. The van der Waals surface area contributed by atoms with Gasteiger partial charge in [0.25, 0.3) is 0 Å². The first-order valence-corrected chi connectivity index (χ1v) is 6.96. The first-order valence-electron chi connectivity index (χ1n) is 6.96. The molecule has 0 aliphatic heterocycles. The molecule has 0 aromatic rings.